The SMILES string of the molecule is COC(=O)C1CC(OS(C)(=O)=O)C(=O)N1C(=O)OC(C)(C)C. The average Bonchev–Trinajstić information content (AvgIpc) is 2.61. The van der Waals surface area contributed by atoms with Gasteiger partial charge in [0.1, 0.15) is 11.6 Å². The van der Waals surface area contributed by atoms with E-state index in [4.69, 9.17) is 4.74 Å². The van der Waals surface area contributed by atoms with Crippen molar-refractivity contribution >= 4 is 28.1 Å². The lowest BCUT2D eigenvalue weighted by Crippen LogP contribution is -2.46. The molecule has 126 valence electrons. The molecule has 1 fully saturated rings. The van der Waals surface area contributed by atoms with E-state index in [1.165, 1.54) is 0 Å². The maximum absolute atomic E-state index is 12.2. The van der Waals surface area contributed by atoms with E-state index in [0.29, 0.717) is 4.90 Å². The van der Waals surface area contributed by atoms with Crippen LogP contribution in [-0.4, -0.2) is 62.4 Å². The second-order valence-electron chi connectivity index (χ2n) is 5.75. The standard InChI is InChI=1S/C12H19NO8S/c1-12(2,3)20-11(16)13-7(10(15)19-4)6-8(9(13)14)21-22(5,17)18/h7-8H,6H2,1-5H3. The normalized spacial score (nSPS) is 22.6. The molecule has 0 radical (unpaired) electrons. The van der Waals surface area contributed by atoms with Crippen LogP contribution in [0.1, 0.15) is 27.2 Å². The monoisotopic (exact) mass is 337 g/mol. The quantitative estimate of drug-likeness (QED) is 0.523. The fourth-order valence-corrected chi connectivity index (χ4v) is 2.46. The lowest BCUT2D eigenvalue weighted by atomic mass is 10.2. The van der Waals surface area contributed by atoms with E-state index in [0.717, 1.165) is 13.4 Å². The highest BCUT2D eigenvalue weighted by molar-refractivity contribution is 7.86. The summed E-state index contributed by atoms with van der Waals surface area (Å²) >= 11 is 0. The van der Waals surface area contributed by atoms with E-state index in [1.807, 2.05) is 0 Å². The molecule has 2 atom stereocenters. The van der Waals surface area contributed by atoms with Gasteiger partial charge in [-0.3, -0.25) is 8.98 Å². The minimum Gasteiger partial charge on any atom is -0.467 e. The zero-order valence-corrected chi connectivity index (χ0v) is 13.8. The van der Waals surface area contributed by atoms with Gasteiger partial charge in [0, 0.05) is 6.42 Å². The number of rotatable bonds is 3. The van der Waals surface area contributed by atoms with E-state index in [-0.39, 0.29) is 6.42 Å². The Hall–Kier alpha value is -1.68. The van der Waals surface area contributed by atoms with E-state index >= 15 is 0 Å². The molecule has 0 saturated carbocycles. The Kier molecular flexibility index (Phi) is 5.18. The number of esters is 1. The highest BCUT2D eigenvalue weighted by Crippen LogP contribution is 2.26. The summed E-state index contributed by atoms with van der Waals surface area (Å²) in [5.41, 5.74) is -0.895. The van der Waals surface area contributed by atoms with Crippen molar-refractivity contribution in [2.75, 3.05) is 13.4 Å². The molecule has 1 aliphatic rings. The van der Waals surface area contributed by atoms with Gasteiger partial charge in [-0.15, -0.1) is 0 Å². The van der Waals surface area contributed by atoms with Gasteiger partial charge in [0.25, 0.3) is 16.0 Å². The smallest absolute Gasteiger partial charge is 0.417 e. The molecule has 2 unspecified atom stereocenters. The third kappa shape index (κ3) is 4.67. The van der Waals surface area contributed by atoms with Gasteiger partial charge in [-0.1, -0.05) is 0 Å². The molecule has 10 heteroatoms. The second kappa shape index (κ2) is 6.21. The van der Waals surface area contributed by atoms with Crippen molar-refractivity contribution < 1.29 is 36.5 Å². The number of carbonyl (C=O) groups excluding carboxylic acids is 3. The zero-order chi connectivity index (χ0) is 17.3. The first-order valence-corrected chi connectivity index (χ1v) is 8.19. The molecular formula is C12H19NO8S. The number of nitrogens with zero attached hydrogens (tertiary/aromatic N) is 1. The van der Waals surface area contributed by atoms with Crippen LogP contribution in [0.3, 0.4) is 0 Å². The zero-order valence-electron chi connectivity index (χ0n) is 13.0. The molecule has 1 rings (SSSR count). The highest BCUT2D eigenvalue weighted by atomic mass is 32.2. The molecule has 0 bridgehead atoms. The van der Waals surface area contributed by atoms with E-state index in [2.05, 4.69) is 8.92 Å². The fourth-order valence-electron chi connectivity index (χ4n) is 1.88. The van der Waals surface area contributed by atoms with Gasteiger partial charge < -0.3 is 9.47 Å². The number of likely N-dealkylation sites (tertiary alicyclic amines) is 1. The van der Waals surface area contributed by atoms with Crippen molar-refractivity contribution in [2.24, 2.45) is 0 Å². The number of ether oxygens (including phenoxy) is 2. The van der Waals surface area contributed by atoms with Crippen molar-refractivity contribution in [1.82, 2.24) is 4.90 Å². The molecule has 0 N–H and O–H groups in total. The van der Waals surface area contributed by atoms with Crippen LogP contribution in [0.25, 0.3) is 0 Å². The molecule has 2 amide bonds. The van der Waals surface area contributed by atoms with Gasteiger partial charge in [0.15, 0.2) is 6.10 Å². The summed E-state index contributed by atoms with van der Waals surface area (Å²) in [5, 5.41) is 0. The highest BCUT2D eigenvalue weighted by Gasteiger charge is 2.50. The molecule has 1 aliphatic heterocycles. The second-order valence-corrected chi connectivity index (χ2v) is 7.35. The third-order valence-electron chi connectivity index (χ3n) is 2.62. The molecule has 0 aromatic heterocycles. The van der Waals surface area contributed by atoms with E-state index in [1.54, 1.807) is 20.8 Å². The molecule has 9 nitrogen and oxygen atoms in total. The Bertz CT molecular complexity index is 576. The lowest BCUT2D eigenvalue weighted by Gasteiger charge is -2.25. The first-order chi connectivity index (χ1) is 9.85. The summed E-state index contributed by atoms with van der Waals surface area (Å²) in [6.07, 6.45) is -2.08. The largest absolute Gasteiger partial charge is 0.467 e. The maximum Gasteiger partial charge on any atom is 0.417 e. The topological polar surface area (TPSA) is 116 Å². The number of hydrogen-bond acceptors (Lipinski definition) is 8. The summed E-state index contributed by atoms with van der Waals surface area (Å²) in [4.78, 5) is 36.5. The summed E-state index contributed by atoms with van der Waals surface area (Å²) in [5.74, 6) is -1.83. The fraction of sp³-hybridized carbons (Fsp3) is 0.750. The third-order valence-corrected chi connectivity index (χ3v) is 3.20. The van der Waals surface area contributed by atoms with Crippen LogP contribution in [0.5, 0.6) is 0 Å². The molecule has 0 aromatic rings. The average molecular weight is 337 g/mol. The molecule has 22 heavy (non-hydrogen) atoms. The van der Waals surface area contributed by atoms with Crippen molar-refractivity contribution in [3.05, 3.63) is 0 Å². The van der Waals surface area contributed by atoms with Crippen LogP contribution in [-0.2, 0) is 33.4 Å². The molecule has 1 heterocycles. The molecular weight excluding hydrogens is 318 g/mol. The summed E-state index contributed by atoms with van der Waals surface area (Å²) in [6.45, 7) is 4.76. The number of imide groups is 1. The Labute approximate surface area is 128 Å². The lowest BCUT2D eigenvalue weighted by molar-refractivity contribution is -0.149. The van der Waals surface area contributed by atoms with Crippen LogP contribution in [0, 0.1) is 0 Å². The number of methoxy groups -OCH3 is 1. The molecule has 0 aliphatic carbocycles. The maximum atomic E-state index is 12.2. The summed E-state index contributed by atoms with van der Waals surface area (Å²) in [7, 11) is -2.84. The van der Waals surface area contributed by atoms with Crippen molar-refractivity contribution in [2.45, 2.75) is 44.9 Å². The predicted octanol–water partition coefficient (Wildman–Crippen LogP) is 0.0402. The van der Waals surface area contributed by atoms with Crippen LogP contribution in [0.2, 0.25) is 0 Å². The van der Waals surface area contributed by atoms with Crippen molar-refractivity contribution in [1.29, 1.82) is 0 Å². The molecule has 0 spiro atoms. The number of amides is 2. The summed E-state index contributed by atoms with van der Waals surface area (Å²) in [6, 6.07) is -1.29. The number of carbonyl (C=O) groups is 3. The van der Waals surface area contributed by atoms with Gasteiger partial charge in [0.2, 0.25) is 0 Å². The van der Waals surface area contributed by atoms with Crippen LogP contribution in [0.15, 0.2) is 0 Å². The van der Waals surface area contributed by atoms with Crippen LogP contribution in [0.4, 0.5) is 4.79 Å². The minimum atomic E-state index is -3.93. The van der Waals surface area contributed by atoms with Gasteiger partial charge in [-0.05, 0) is 20.8 Å². The Balaban J connectivity index is 3.06. The van der Waals surface area contributed by atoms with Crippen molar-refractivity contribution in [3.8, 4) is 0 Å². The van der Waals surface area contributed by atoms with E-state index in [9.17, 15) is 22.8 Å². The Morgan fingerprint density at radius 3 is 2.23 bits per heavy atom. The van der Waals surface area contributed by atoms with Gasteiger partial charge in [-0.2, -0.15) is 8.42 Å². The Morgan fingerprint density at radius 1 is 1.27 bits per heavy atom. The Morgan fingerprint density at radius 2 is 1.82 bits per heavy atom. The number of hydrogen-bond donors (Lipinski definition) is 0. The molecule has 1 saturated heterocycles. The van der Waals surface area contributed by atoms with Gasteiger partial charge in [0.05, 0.1) is 13.4 Å². The van der Waals surface area contributed by atoms with Crippen LogP contribution < -0.4 is 0 Å². The molecule has 0 aromatic carbocycles. The van der Waals surface area contributed by atoms with Gasteiger partial charge in [-0.25, -0.2) is 14.5 Å². The van der Waals surface area contributed by atoms with Gasteiger partial charge >= 0.3 is 12.1 Å². The van der Waals surface area contributed by atoms with Crippen molar-refractivity contribution in [3.63, 3.8) is 0 Å². The predicted molar refractivity (Wildman–Crippen MR) is 73.2 cm³/mol. The first-order valence-electron chi connectivity index (χ1n) is 6.38. The van der Waals surface area contributed by atoms with E-state index < -0.39 is 45.8 Å². The van der Waals surface area contributed by atoms with Crippen LogP contribution >= 0.6 is 0 Å². The minimum absolute atomic E-state index is 0.322. The summed E-state index contributed by atoms with van der Waals surface area (Å²) < 4.78 is 36.5. The first kappa shape index (κ1) is 18.4.